The number of aliphatic carboxylic acids is 1. The minimum Gasteiger partial charge on any atom is -0.480 e. The van der Waals surface area contributed by atoms with Gasteiger partial charge in [0.1, 0.15) is 0 Å². The molecule has 1 rings (SSSR count). The highest BCUT2D eigenvalue weighted by atomic mass is 79.9. The normalized spacial score (nSPS) is 12.3. The Kier molecular flexibility index (Phi) is 6.41. The van der Waals surface area contributed by atoms with Crippen LogP contribution in [0.3, 0.4) is 0 Å². The van der Waals surface area contributed by atoms with Gasteiger partial charge in [0, 0.05) is 17.7 Å². The summed E-state index contributed by atoms with van der Waals surface area (Å²) >= 11 is 3.40. The molecule has 0 radical (unpaired) electrons. The molecule has 2 N–H and O–H groups in total. The Morgan fingerprint density at radius 2 is 2.20 bits per heavy atom. The minimum absolute atomic E-state index is 0.0802. The number of hydrogen-bond donors (Lipinski definition) is 2. The van der Waals surface area contributed by atoms with Crippen LogP contribution in [-0.4, -0.2) is 36.7 Å². The molecule has 1 unspecified atom stereocenters. The molecule has 6 heteroatoms. The molecule has 0 aliphatic carbocycles. The Balaban J connectivity index is 2.69. The van der Waals surface area contributed by atoms with Crippen molar-refractivity contribution in [3.63, 3.8) is 0 Å². The second-order valence-corrected chi connectivity index (χ2v) is 5.07. The highest BCUT2D eigenvalue weighted by Gasteiger charge is 2.18. The number of carbonyl (C=O) groups excluding carboxylic acids is 1. The SMILES string of the molecule is COCC(NC(=O)/C=C/c1ccc(C)cc1Br)C(=O)O. The van der Waals surface area contributed by atoms with Gasteiger partial charge < -0.3 is 15.2 Å². The number of ether oxygens (including phenoxy) is 1. The zero-order valence-corrected chi connectivity index (χ0v) is 12.8. The van der Waals surface area contributed by atoms with Crippen molar-refractivity contribution >= 4 is 33.9 Å². The van der Waals surface area contributed by atoms with E-state index >= 15 is 0 Å². The lowest BCUT2D eigenvalue weighted by molar-refractivity contribution is -0.142. The Morgan fingerprint density at radius 1 is 1.50 bits per heavy atom. The van der Waals surface area contributed by atoms with E-state index in [9.17, 15) is 9.59 Å². The summed E-state index contributed by atoms with van der Waals surface area (Å²) in [5.41, 5.74) is 1.94. The average Bonchev–Trinajstić information content (AvgIpc) is 2.37. The van der Waals surface area contributed by atoms with Crippen molar-refractivity contribution in [1.82, 2.24) is 5.32 Å². The number of methoxy groups -OCH3 is 1. The smallest absolute Gasteiger partial charge is 0.328 e. The van der Waals surface area contributed by atoms with Crippen LogP contribution >= 0.6 is 15.9 Å². The topological polar surface area (TPSA) is 75.6 Å². The van der Waals surface area contributed by atoms with E-state index in [1.807, 2.05) is 25.1 Å². The first-order valence-electron chi connectivity index (χ1n) is 5.90. The van der Waals surface area contributed by atoms with Gasteiger partial charge in [0.2, 0.25) is 5.91 Å². The van der Waals surface area contributed by atoms with Crippen LogP contribution < -0.4 is 5.32 Å². The van der Waals surface area contributed by atoms with E-state index in [-0.39, 0.29) is 6.61 Å². The maximum Gasteiger partial charge on any atom is 0.328 e. The molecule has 1 amide bonds. The van der Waals surface area contributed by atoms with Crippen LogP contribution in [0.15, 0.2) is 28.7 Å². The lowest BCUT2D eigenvalue weighted by Crippen LogP contribution is -2.43. The van der Waals surface area contributed by atoms with Gasteiger partial charge >= 0.3 is 5.97 Å². The van der Waals surface area contributed by atoms with Gasteiger partial charge in [-0.15, -0.1) is 0 Å². The molecule has 1 atom stereocenters. The monoisotopic (exact) mass is 341 g/mol. The molecule has 0 fully saturated rings. The molecule has 0 aliphatic heterocycles. The number of nitrogens with one attached hydrogen (secondary N) is 1. The number of aryl methyl sites for hydroxylation is 1. The fraction of sp³-hybridized carbons (Fsp3) is 0.286. The van der Waals surface area contributed by atoms with Crippen LogP contribution in [-0.2, 0) is 14.3 Å². The second-order valence-electron chi connectivity index (χ2n) is 4.21. The van der Waals surface area contributed by atoms with Crippen LogP contribution in [0.1, 0.15) is 11.1 Å². The quantitative estimate of drug-likeness (QED) is 0.776. The van der Waals surface area contributed by atoms with Gasteiger partial charge in [-0.2, -0.15) is 0 Å². The maximum atomic E-state index is 11.7. The summed E-state index contributed by atoms with van der Waals surface area (Å²) in [5.74, 6) is -1.62. The van der Waals surface area contributed by atoms with Gasteiger partial charge in [0.05, 0.1) is 6.61 Å². The Labute approximate surface area is 125 Å². The fourth-order valence-electron chi connectivity index (χ4n) is 1.49. The Hall–Kier alpha value is -1.66. The van der Waals surface area contributed by atoms with Crippen molar-refractivity contribution in [2.75, 3.05) is 13.7 Å². The molecule has 0 bridgehead atoms. The van der Waals surface area contributed by atoms with Crippen molar-refractivity contribution < 1.29 is 19.4 Å². The molecule has 20 heavy (non-hydrogen) atoms. The average molecular weight is 342 g/mol. The number of carboxylic acid groups (broad SMARTS) is 1. The molecular weight excluding hydrogens is 326 g/mol. The number of hydrogen-bond acceptors (Lipinski definition) is 3. The van der Waals surface area contributed by atoms with Crippen molar-refractivity contribution in [1.29, 1.82) is 0 Å². The summed E-state index contributed by atoms with van der Waals surface area (Å²) < 4.78 is 5.60. The van der Waals surface area contributed by atoms with E-state index in [2.05, 4.69) is 21.2 Å². The molecule has 0 heterocycles. The van der Waals surface area contributed by atoms with E-state index < -0.39 is 17.9 Å². The van der Waals surface area contributed by atoms with E-state index in [1.54, 1.807) is 6.08 Å². The molecule has 0 saturated heterocycles. The van der Waals surface area contributed by atoms with Crippen LogP contribution in [0.5, 0.6) is 0 Å². The summed E-state index contributed by atoms with van der Waals surface area (Å²) in [6.07, 6.45) is 2.91. The lowest BCUT2D eigenvalue weighted by Gasteiger charge is -2.11. The van der Waals surface area contributed by atoms with Crippen molar-refractivity contribution in [3.05, 3.63) is 39.9 Å². The van der Waals surface area contributed by atoms with Gasteiger partial charge in [-0.05, 0) is 30.2 Å². The number of halogens is 1. The molecule has 0 spiro atoms. The van der Waals surface area contributed by atoms with Crippen LogP contribution in [0.2, 0.25) is 0 Å². The summed E-state index contributed by atoms with van der Waals surface area (Å²) in [7, 11) is 1.38. The second kappa shape index (κ2) is 7.81. The van der Waals surface area contributed by atoms with Gasteiger partial charge in [-0.1, -0.05) is 28.1 Å². The van der Waals surface area contributed by atoms with E-state index in [1.165, 1.54) is 13.2 Å². The molecule has 1 aromatic rings. The maximum absolute atomic E-state index is 11.7. The molecule has 0 saturated carbocycles. The van der Waals surface area contributed by atoms with Gasteiger partial charge in [-0.25, -0.2) is 4.79 Å². The third kappa shape index (κ3) is 5.14. The Morgan fingerprint density at radius 3 is 2.75 bits per heavy atom. The minimum atomic E-state index is -1.13. The standard InChI is InChI=1S/C14H16BrNO4/c1-9-3-4-10(11(15)7-9)5-6-13(17)16-12(8-20-2)14(18)19/h3-7,12H,8H2,1-2H3,(H,16,17)(H,18,19)/b6-5+. The number of amides is 1. The summed E-state index contributed by atoms with van der Waals surface area (Å²) in [6, 6.07) is 4.67. The van der Waals surface area contributed by atoms with Gasteiger partial charge in [0.25, 0.3) is 0 Å². The highest BCUT2D eigenvalue weighted by molar-refractivity contribution is 9.10. The van der Waals surface area contributed by atoms with Crippen molar-refractivity contribution in [3.8, 4) is 0 Å². The Bertz CT molecular complexity index is 528. The third-order valence-corrected chi connectivity index (χ3v) is 3.20. The first-order valence-corrected chi connectivity index (χ1v) is 6.70. The van der Waals surface area contributed by atoms with E-state index in [0.29, 0.717) is 0 Å². The molecule has 0 aliphatic rings. The number of carbonyl (C=O) groups is 2. The van der Waals surface area contributed by atoms with Crippen LogP contribution in [0.4, 0.5) is 0 Å². The third-order valence-electron chi connectivity index (χ3n) is 2.52. The highest BCUT2D eigenvalue weighted by Crippen LogP contribution is 2.19. The van der Waals surface area contributed by atoms with Gasteiger partial charge in [-0.3, -0.25) is 4.79 Å². The fourth-order valence-corrected chi connectivity index (χ4v) is 2.12. The lowest BCUT2D eigenvalue weighted by atomic mass is 10.1. The van der Waals surface area contributed by atoms with Crippen molar-refractivity contribution in [2.45, 2.75) is 13.0 Å². The molecule has 5 nitrogen and oxygen atoms in total. The molecule has 108 valence electrons. The summed E-state index contributed by atoms with van der Waals surface area (Å²) in [6.45, 7) is 1.89. The number of carboxylic acids is 1. The molecule has 0 aromatic heterocycles. The first-order chi connectivity index (χ1) is 9.43. The van der Waals surface area contributed by atoms with Crippen molar-refractivity contribution in [2.24, 2.45) is 0 Å². The summed E-state index contributed by atoms with van der Waals surface area (Å²) in [5, 5.41) is 11.2. The van der Waals surface area contributed by atoms with E-state index in [4.69, 9.17) is 9.84 Å². The number of benzene rings is 1. The predicted molar refractivity (Wildman–Crippen MR) is 79.4 cm³/mol. The summed E-state index contributed by atoms with van der Waals surface area (Å²) in [4.78, 5) is 22.5. The van der Waals surface area contributed by atoms with Crippen LogP contribution in [0.25, 0.3) is 6.08 Å². The molecular formula is C14H16BrNO4. The van der Waals surface area contributed by atoms with Crippen LogP contribution in [0, 0.1) is 6.92 Å². The first kappa shape index (κ1) is 16.4. The van der Waals surface area contributed by atoms with Gasteiger partial charge in [0.15, 0.2) is 6.04 Å². The number of rotatable bonds is 6. The largest absolute Gasteiger partial charge is 0.480 e. The molecule has 1 aromatic carbocycles. The zero-order chi connectivity index (χ0) is 15.1. The van der Waals surface area contributed by atoms with E-state index in [0.717, 1.165) is 15.6 Å². The predicted octanol–water partition coefficient (Wildman–Crippen LogP) is 1.99. The zero-order valence-electron chi connectivity index (χ0n) is 11.2.